The normalized spacial score (nSPS) is 10.8. The number of carbonyl (C=O) groups excluding carboxylic acids is 2. The molecule has 0 amide bonds. The molecule has 2 aromatic rings. The Morgan fingerprint density at radius 1 is 0.871 bits per heavy atom. The topological polar surface area (TPSA) is 80.3 Å². The first kappa shape index (κ1) is 23.5. The summed E-state index contributed by atoms with van der Waals surface area (Å²) in [7, 11) is 3.01. The molecule has 0 N–H and O–H groups in total. The van der Waals surface area contributed by atoms with Gasteiger partial charge in [0.2, 0.25) is 0 Å². The Morgan fingerprint density at radius 2 is 1.48 bits per heavy atom. The van der Waals surface area contributed by atoms with Crippen LogP contribution in [0.5, 0.6) is 23.0 Å². The van der Waals surface area contributed by atoms with E-state index in [1.165, 1.54) is 20.3 Å². The highest BCUT2D eigenvalue weighted by Crippen LogP contribution is 2.29. The fourth-order valence-corrected chi connectivity index (χ4v) is 2.62. The highest BCUT2D eigenvalue weighted by molar-refractivity contribution is 5.89. The first-order valence-electron chi connectivity index (χ1n) is 9.67. The fraction of sp³-hybridized carbons (Fsp3) is 0.250. The van der Waals surface area contributed by atoms with Gasteiger partial charge in [0, 0.05) is 6.08 Å². The maximum absolute atomic E-state index is 12.0. The molecule has 0 unspecified atom stereocenters. The summed E-state index contributed by atoms with van der Waals surface area (Å²) in [5.74, 6) is 0.409. The van der Waals surface area contributed by atoms with Crippen molar-refractivity contribution in [1.29, 1.82) is 0 Å². The molecule has 0 radical (unpaired) electrons. The number of hydrogen-bond acceptors (Lipinski definition) is 7. The zero-order valence-electron chi connectivity index (χ0n) is 18.0. The second-order valence-corrected chi connectivity index (χ2v) is 6.17. The van der Waals surface area contributed by atoms with Crippen LogP contribution >= 0.6 is 0 Å². The van der Waals surface area contributed by atoms with Gasteiger partial charge in [0.1, 0.15) is 0 Å². The summed E-state index contributed by atoms with van der Waals surface area (Å²) < 4.78 is 26.1. The quantitative estimate of drug-likeness (QED) is 0.318. The van der Waals surface area contributed by atoms with Gasteiger partial charge in [0.15, 0.2) is 29.6 Å². The van der Waals surface area contributed by atoms with Crippen molar-refractivity contribution in [2.24, 2.45) is 0 Å². The minimum atomic E-state index is -0.721. The molecule has 7 nitrogen and oxygen atoms in total. The van der Waals surface area contributed by atoms with E-state index < -0.39 is 18.5 Å². The second kappa shape index (κ2) is 12.1. The van der Waals surface area contributed by atoms with Gasteiger partial charge in [-0.3, -0.25) is 0 Å². The summed E-state index contributed by atoms with van der Waals surface area (Å²) in [5, 5.41) is 0. The van der Waals surface area contributed by atoms with Gasteiger partial charge in [0.05, 0.1) is 20.8 Å². The van der Waals surface area contributed by atoms with E-state index in [9.17, 15) is 9.59 Å². The zero-order valence-corrected chi connectivity index (χ0v) is 18.0. The van der Waals surface area contributed by atoms with Crippen molar-refractivity contribution in [2.45, 2.75) is 13.8 Å². The lowest BCUT2D eigenvalue weighted by atomic mass is 10.2. The van der Waals surface area contributed by atoms with Gasteiger partial charge < -0.3 is 23.7 Å². The van der Waals surface area contributed by atoms with Crippen LogP contribution in [0.3, 0.4) is 0 Å². The van der Waals surface area contributed by atoms with Crippen LogP contribution in [0.1, 0.15) is 25.0 Å². The first-order chi connectivity index (χ1) is 15.0. The molecule has 0 saturated heterocycles. The van der Waals surface area contributed by atoms with Crippen LogP contribution in [0.2, 0.25) is 0 Å². The van der Waals surface area contributed by atoms with Crippen molar-refractivity contribution in [1.82, 2.24) is 0 Å². The summed E-state index contributed by atoms with van der Waals surface area (Å²) in [5.41, 5.74) is 1.62. The molecule has 0 fully saturated rings. The molecule has 0 aromatic heterocycles. The van der Waals surface area contributed by atoms with E-state index in [1.807, 2.05) is 26.0 Å². The molecule has 31 heavy (non-hydrogen) atoms. The number of esters is 2. The Kier molecular flexibility index (Phi) is 9.16. The molecule has 164 valence electrons. The lowest BCUT2D eigenvalue weighted by molar-refractivity contribution is -0.150. The van der Waals surface area contributed by atoms with Gasteiger partial charge in [-0.2, -0.15) is 0 Å². The van der Waals surface area contributed by atoms with Crippen LogP contribution in [0.15, 0.2) is 48.6 Å². The maximum atomic E-state index is 12.0. The van der Waals surface area contributed by atoms with Gasteiger partial charge in [-0.05, 0) is 55.3 Å². The van der Waals surface area contributed by atoms with Crippen LogP contribution in [0.25, 0.3) is 12.2 Å². The molecule has 0 aliphatic rings. The van der Waals surface area contributed by atoms with Crippen molar-refractivity contribution >= 4 is 24.1 Å². The molecule has 0 spiro atoms. The summed E-state index contributed by atoms with van der Waals surface area (Å²) >= 11 is 0. The Hall–Kier alpha value is -3.74. The first-order valence-corrected chi connectivity index (χ1v) is 9.67. The molecule has 0 aliphatic carbocycles. The molecule has 0 bridgehead atoms. The number of methoxy groups -OCH3 is 2. The average Bonchev–Trinajstić information content (AvgIpc) is 2.78. The Balaban J connectivity index is 1.92. The minimum absolute atomic E-state index is 0.244. The predicted molar refractivity (Wildman–Crippen MR) is 117 cm³/mol. The molecule has 7 heteroatoms. The van der Waals surface area contributed by atoms with E-state index in [0.717, 1.165) is 5.56 Å². The van der Waals surface area contributed by atoms with Crippen molar-refractivity contribution in [2.75, 3.05) is 27.4 Å². The van der Waals surface area contributed by atoms with Crippen LogP contribution in [0.4, 0.5) is 0 Å². The van der Waals surface area contributed by atoms with Crippen molar-refractivity contribution in [3.8, 4) is 23.0 Å². The van der Waals surface area contributed by atoms with Crippen molar-refractivity contribution in [3.05, 3.63) is 59.7 Å². The fourth-order valence-electron chi connectivity index (χ4n) is 2.62. The average molecular weight is 426 g/mol. The lowest BCUT2D eigenvalue weighted by Gasteiger charge is -2.10. The Bertz CT molecular complexity index is 960. The number of allylic oxidation sites excluding steroid dienone is 1. The van der Waals surface area contributed by atoms with Gasteiger partial charge in [0.25, 0.3) is 0 Å². The Morgan fingerprint density at radius 3 is 2.10 bits per heavy atom. The second-order valence-electron chi connectivity index (χ2n) is 6.17. The third-order valence-corrected chi connectivity index (χ3v) is 4.00. The van der Waals surface area contributed by atoms with Crippen molar-refractivity contribution < 1.29 is 33.3 Å². The highest BCUT2D eigenvalue weighted by Gasteiger charge is 2.12. The number of benzene rings is 2. The highest BCUT2D eigenvalue weighted by atomic mass is 16.6. The Labute approximate surface area is 181 Å². The molecule has 2 aromatic carbocycles. The predicted octanol–water partition coefficient (Wildman–Crippen LogP) is 4.30. The summed E-state index contributed by atoms with van der Waals surface area (Å²) in [4.78, 5) is 24.0. The number of carbonyl (C=O) groups is 2. The zero-order chi connectivity index (χ0) is 22.6. The molecule has 0 aliphatic heterocycles. The van der Waals surface area contributed by atoms with E-state index in [4.69, 9.17) is 23.7 Å². The standard InChI is InChI=1S/C24H26O7/c1-5-7-17-9-12-20(22(14-17)28-4)31-24(26)16-30-23(25)13-10-18-8-11-19(29-6-2)21(15-18)27-3/h5,7-15H,6,16H2,1-4H3/b7-5+,13-10+. The summed E-state index contributed by atoms with van der Waals surface area (Å²) in [6, 6.07) is 10.4. The van der Waals surface area contributed by atoms with Crippen LogP contribution < -0.4 is 18.9 Å². The molecular weight excluding hydrogens is 400 g/mol. The number of hydrogen-bond donors (Lipinski definition) is 0. The van der Waals surface area contributed by atoms with E-state index in [0.29, 0.717) is 29.4 Å². The monoisotopic (exact) mass is 426 g/mol. The lowest BCUT2D eigenvalue weighted by Crippen LogP contribution is -2.18. The third kappa shape index (κ3) is 7.22. The van der Waals surface area contributed by atoms with E-state index >= 15 is 0 Å². The largest absolute Gasteiger partial charge is 0.493 e. The van der Waals surface area contributed by atoms with Gasteiger partial charge >= 0.3 is 11.9 Å². The number of ether oxygens (including phenoxy) is 5. The molecule has 2 rings (SSSR count). The van der Waals surface area contributed by atoms with Gasteiger partial charge in [-0.1, -0.05) is 24.3 Å². The SMILES string of the molecule is C/C=C/c1ccc(OC(=O)COC(=O)/C=C/c2ccc(OCC)c(OC)c2)c(OC)c1. The minimum Gasteiger partial charge on any atom is -0.493 e. The third-order valence-electron chi connectivity index (χ3n) is 4.00. The van der Waals surface area contributed by atoms with Crippen LogP contribution in [-0.4, -0.2) is 39.4 Å². The van der Waals surface area contributed by atoms with Crippen molar-refractivity contribution in [3.63, 3.8) is 0 Å². The van der Waals surface area contributed by atoms with Crippen LogP contribution in [0, 0.1) is 0 Å². The van der Waals surface area contributed by atoms with E-state index in [2.05, 4.69) is 0 Å². The molecular formula is C24H26O7. The van der Waals surface area contributed by atoms with E-state index in [-0.39, 0.29) is 5.75 Å². The van der Waals surface area contributed by atoms with Gasteiger partial charge in [-0.25, -0.2) is 9.59 Å². The number of rotatable bonds is 10. The summed E-state index contributed by atoms with van der Waals surface area (Å²) in [6.07, 6.45) is 6.54. The molecule has 0 atom stereocenters. The smallest absolute Gasteiger partial charge is 0.349 e. The van der Waals surface area contributed by atoms with E-state index in [1.54, 1.807) is 42.5 Å². The van der Waals surface area contributed by atoms with Gasteiger partial charge in [-0.15, -0.1) is 0 Å². The molecule has 0 saturated carbocycles. The molecule has 0 heterocycles. The van der Waals surface area contributed by atoms with Crippen LogP contribution in [-0.2, 0) is 14.3 Å². The summed E-state index contributed by atoms with van der Waals surface area (Å²) in [6.45, 7) is 3.76. The maximum Gasteiger partial charge on any atom is 0.349 e.